The first-order valence-electron chi connectivity index (χ1n) is 11.2. The first kappa shape index (κ1) is 27.6. The van der Waals surface area contributed by atoms with Crippen molar-refractivity contribution in [2.24, 2.45) is 0 Å². The van der Waals surface area contributed by atoms with Crippen molar-refractivity contribution < 1.29 is 19.4 Å². The van der Waals surface area contributed by atoms with Crippen LogP contribution in [0, 0.1) is 0 Å². The predicted octanol–water partition coefficient (Wildman–Crippen LogP) is 7.83. The van der Waals surface area contributed by atoms with E-state index in [1.165, 1.54) is 35.5 Å². The maximum Gasteiger partial charge on any atom is -0.147 e. The summed E-state index contributed by atoms with van der Waals surface area (Å²) in [5, 5.41) is 0. The van der Waals surface area contributed by atoms with E-state index in [1.54, 1.807) is 22.3 Å². The van der Waals surface area contributed by atoms with Gasteiger partial charge in [0.05, 0.1) is 0 Å². The molecule has 2 unspecified atom stereocenters. The van der Waals surface area contributed by atoms with Gasteiger partial charge in [0.2, 0.25) is 0 Å². The van der Waals surface area contributed by atoms with Crippen LogP contribution in [-0.2, 0) is 19.4 Å². The largest absolute Gasteiger partial charge is 0.147 e. The van der Waals surface area contributed by atoms with Gasteiger partial charge < -0.3 is 0 Å². The molecule has 0 amide bonds. The molecule has 2 aromatic carbocycles. The van der Waals surface area contributed by atoms with Crippen molar-refractivity contribution in [1.29, 1.82) is 0 Å². The second kappa shape index (κ2) is 12.0. The van der Waals surface area contributed by atoms with Gasteiger partial charge in [-0.15, -0.1) is 24.8 Å². The maximum absolute atomic E-state index is 2.54. The van der Waals surface area contributed by atoms with E-state index in [-0.39, 0.29) is 24.8 Å². The van der Waals surface area contributed by atoms with Gasteiger partial charge in [-0.25, -0.2) is 0 Å². The number of hydrogen-bond donors (Lipinski definition) is 0. The van der Waals surface area contributed by atoms with Crippen LogP contribution in [0.4, 0.5) is 0 Å². The summed E-state index contributed by atoms with van der Waals surface area (Å²) < 4.78 is 3.02. The van der Waals surface area contributed by atoms with E-state index in [1.807, 2.05) is 13.8 Å². The van der Waals surface area contributed by atoms with Gasteiger partial charge in [0.1, 0.15) is 0 Å². The van der Waals surface area contributed by atoms with Gasteiger partial charge in [0.25, 0.3) is 0 Å². The molecular weight excluding hydrogens is 503 g/mol. The van der Waals surface area contributed by atoms with Gasteiger partial charge in [0.15, 0.2) is 0 Å². The summed E-state index contributed by atoms with van der Waals surface area (Å²) in [6, 6.07) is 18.5. The monoisotopic (exact) mass is 538 g/mol. The number of fused-ring (bicyclic) bond motifs is 2. The number of hydrogen-bond acceptors (Lipinski definition) is 0. The zero-order valence-corrected chi connectivity index (χ0v) is 25.5. The molecule has 0 radical (unpaired) electrons. The summed E-state index contributed by atoms with van der Waals surface area (Å²) in [6.07, 6.45) is 7.49. The van der Waals surface area contributed by atoms with Crippen LogP contribution >= 0.6 is 24.8 Å². The van der Waals surface area contributed by atoms with Crippen molar-refractivity contribution in [3.05, 3.63) is 81.9 Å². The van der Waals surface area contributed by atoms with Gasteiger partial charge in [-0.2, -0.15) is 0 Å². The van der Waals surface area contributed by atoms with Crippen LogP contribution in [-0.4, -0.2) is 7.37 Å². The van der Waals surface area contributed by atoms with Gasteiger partial charge in [-0.3, -0.25) is 0 Å². The Bertz CT molecular complexity index is 834. The standard InChI is InChI=1S/2C11H11.C2H6.C2H5.2ClH.H3Si.Zr/c2*1-2-9-7-10-5-3-4-6-11(10)8-9;2*1-2;;;;/h2*3-8H,2H2,1H3;1-2H3;1H2,2H3;2*1H;1H3;. The summed E-state index contributed by atoms with van der Waals surface area (Å²) in [4.78, 5) is 0. The first-order valence-corrected chi connectivity index (χ1v) is 24.2. The minimum Gasteiger partial charge on any atom is -0.147 e. The van der Waals surface area contributed by atoms with E-state index in [4.69, 9.17) is 0 Å². The molecule has 0 bridgehead atoms. The van der Waals surface area contributed by atoms with E-state index in [0.29, 0.717) is 0 Å². The van der Waals surface area contributed by atoms with E-state index in [9.17, 15) is 0 Å². The van der Waals surface area contributed by atoms with Crippen molar-refractivity contribution in [3.8, 4) is 0 Å². The van der Waals surface area contributed by atoms with Gasteiger partial charge >= 0.3 is 166 Å². The Morgan fingerprint density at radius 3 is 1.40 bits per heavy atom. The van der Waals surface area contributed by atoms with Crippen LogP contribution in [0.25, 0.3) is 12.2 Å². The molecule has 0 fully saturated rings. The molecule has 164 valence electrons. The van der Waals surface area contributed by atoms with Crippen LogP contribution in [0.5, 0.6) is 0 Å². The van der Waals surface area contributed by atoms with Gasteiger partial charge in [-0.1, -0.05) is 13.8 Å². The normalized spacial score (nSPS) is 20.3. The summed E-state index contributed by atoms with van der Waals surface area (Å²) >= 11 is -2.48. The molecule has 4 heteroatoms. The number of halogens is 2. The third-order valence-electron chi connectivity index (χ3n) is 6.93. The molecule has 0 saturated heterocycles. The number of rotatable bonds is 5. The van der Waals surface area contributed by atoms with Crippen molar-refractivity contribution in [2.75, 3.05) is 0 Å². The Hall–Kier alpha value is -0.400. The van der Waals surface area contributed by atoms with Crippen molar-refractivity contribution in [3.63, 3.8) is 0 Å². The van der Waals surface area contributed by atoms with Crippen molar-refractivity contribution >= 4 is 44.3 Å². The van der Waals surface area contributed by atoms with Crippen molar-refractivity contribution in [2.45, 2.75) is 58.8 Å². The van der Waals surface area contributed by atoms with E-state index in [0.717, 1.165) is 7.25 Å². The van der Waals surface area contributed by atoms with Crippen LogP contribution in [0.2, 0.25) is 4.13 Å². The van der Waals surface area contributed by atoms with E-state index in [2.05, 4.69) is 81.5 Å². The fourth-order valence-corrected chi connectivity index (χ4v) is 26.8. The fourth-order valence-electron chi connectivity index (χ4n) is 5.52. The van der Waals surface area contributed by atoms with Crippen LogP contribution in [0.1, 0.15) is 77.0 Å². The second-order valence-corrected chi connectivity index (χ2v) is 31.1. The van der Waals surface area contributed by atoms with E-state index < -0.39 is 19.4 Å². The Kier molecular flexibility index (Phi) is 11.1. The zero-order chi connectivity index (χ0) is 20.3. The smallest absolute Gasteiger partial charge is 0.147 e. The van der Waals surface area contributed by atoms with Crippen LogP contribution < -0.4 is 0 Å². The molecule has 0 aromatic heterocycles. The average Bonchev–Trinajstić information content (AvgIpc) is 3.33. The molecule has 0 saturated carbocycles. The number of benzene rings is 2. The predicted molar refractivity (Wildman–Crippen MR) is 141 cm³/mol. The minimum atomic E-state index is -2.48. The summed E-state index contributed by atoms with van der Waals surface area (Å²) in [5.74, 6) is 0. The summed E-state index contributed by atoms with van der Waals surface area (Å²) in [7, 11) is 1.40. The Balaban J connectivity index is 0.00000109. The molecule has 0 nitrogen and oxygen atoms in total. The fraction of sp³-hybridized carbons (Fsp3) is 0.385. The molecule has 0 N–H and O–H groups in total. The first-order chi connectivity index (χ1) is 13.6. The van der Waals surface area contributed by atoms with Crippen molar-refractivity contribution in [1.82, 2.24) is 0 Å². The summed E-state index contributed by atoms with van der Waals surface area (Å²) in [5.41, 5.74) is 9.81. The van der Waals surface area contributed by atoms with Crippen LogP contribution in [0.3, 0.4) is 0 Å². The zero-order valence-electron chi connectivity index (χ0n) is 19.4. The third-order valence-corrected chi connectivity index (χ3v) is 31.5. The molecule has 30 heavy (non-hydrogen) atoms. The van der Waals surface area contributed by atoms with Crippen LogP contribution in [0.15, 0.2) is 59.7 Å². The maximum atomic E-state index is 2.54. The minimum absolute atomic E-state index is 0. The molecule has 2 aromatic rings. The molecular formula is C26H38Cl2SiZr. The van der Waals surface area contributed by atoms with Gasteiger partial charge in [-0.05, 0) is 0 Å². The van der Waals surface area contributed by atoms with Gasteiger partial charge in [0, 0.05) is 0 Å². The molecule has 4 rings (SSSR count). The molecule has 0 spiro atoms. The Morgan fingerprint density at radius 1 is 0.700 bits per heavy atom. The number of allylic oxidation sites excluding steroid dienone is 2. The summed E-state index contributed by atoms with van der Waals surface area (Å²) in [6.45, 7) is 11.3. The molecule has 2 atom stereocenters. The quantitative estimate of drug-likeness (QED) is 0.339. The Labute approximate surface area is 203 Å². The molecule has 2 aliphatic carbocycles. The Morgan fingerprint density at radius 2 is 1.07 bits per heavy atom. The molecule has 0 aliphatic heterocycles. The second-order valence-electron chi connectivity index (χ2n) is 8.13. The topological polar surface area (TPSA) is 0 Å². The van der Waals surface area contributed by atoms with E-state index >= 15 is 0 Å². The molecule has 0 heterocycles. The average molecular weight is 541 g/mol. The molecule has 2 aliphatic rings. The SMILES string of the molecule is CC.CCC1=Cc2ccccc2[CH]1[Zr]([SiH3])([CH2]C)[CH]1C(CC)=Cc2ccccc21.Cl.Cl. The third kappa shape index (κ3) is 4.68.